The molecule has 0 aliphatic heterocycles. The van der Waals surface area contributed by atoms with Crippen LogP contribution in [0.5, 0.6) is 0 Å². The third-order valence-electron chi connectivity index (χ3n) is 7.56. The Morgan fingerprint density at radius 2 is 1.00 bits per heavy atom. The van der Waals surface area contributed by atoms with E-state index in [2.05, 4.69) is 27.7 Å². The fraction of sp³-hybridized carbons (Fsp3) is 1.00. The Labute approximate surface area is 135 Å². The molecule has 0 spiro atoms. The molecule has 2 unspecified atom stereocenters. The van der Waals surface area contributed by atoms with Gasteiger partial charge in [-0.1, -0.05) is 105 Å². The van der Waals surface area contributed by atoms with E-state index in [0.717, 1.165) is 11.1 Å². The van der Waals surface area contributed by atoms with E-state index in [1.165, 1.54) is 36.8 Å². The molecule has 0 saturated heterocycles. The van der Waals surface area contributed by atoms with Gasteiger partial charge in [0.15, 0.2) is 0 Å². The molecule has 2 aliphatic carbocycles. The number of rotatable bonds is 6. The lowest BCUT2D eigenvalue weighted by Gasteiger charge is -2.55. The van der Waals surface area contributed by atoms with Crippen LogP contribution in [-0.2, 0) is 0 Å². The number of hydrogen-bond donors (Lipinski definition) is 0. The van der Waals surface area contributed by atoms with Crippen molar-refractivity contribution in [2.24, 2.45) is 0 Å². The molecule has 0 bridgehead atoms. The molecule has 1 heteroatoms. The van der Waals surface area contributed by atoms with Crippen LogP contribution < -0.4 is 0 Å². The summed E-state index contributed by atoms with van der Waals surface area (Å²) in [7, 11) is -1.20. The van der Waals surface area contributed by atoms with Crippen LogP contribution in [0.1, 0.15) is 105 Å². The van der Waals surface area contributed by atoms with Crippen molar-refractivity contribution in [3.8, 4) is 0 Å². The molecule has 2 saturated carbocycles. The van der Waals surface area contributed by atoms with Gasteiger partial charge < -0.3 is 0 Å². The molecule has 0 nitrogen and oxygen atoms in total. The van der Waals surface area contributed by atoms with Crippen molar-refractivity contribution < 1.29 is 0 Å². The van der Waals surface area contributed by atoms with Crippen molar-refractivity contribution in [3.63, 3.8) is 0 Å². The average Bonchev–Trinajstić information content (AvgIpc) is 2.57. The molecule has 0 aromatic rings. The molecule has 0 amide bonds. The third kappa shape index (κ3) is 3.43. The quantitative estimate of drug-likeness (QED) is 0.441. The minimum Gasteiger partial charge on any atom is -0.0654 e. The Hall–Kier alpha value is 0.217. The van der Waals surface area contributed by atoms with Gasteiger partial charge in [-0.25, -0.2) is 0 Å². The van der Waals surface area contributed by atoms with Crippen LogP contribution >= 0.6 is 0 Å². The van der Waals surface area contributed by atoms with E-state index < -0.39 is 8.07 Å². The summed E-state index contributed by atoms with van der Waals surface area (Å²) in [6.07, 6.45) is 18.5. The lowest BCUT2D eigenvalue weighted by Crippen LogP contribution is -2.52. The predicted octanol–water partition coefficient (Wildman–Crippen LogP) is 7.70. The highest BCUT2D eigenvalue weighted by Gasteiger charge is 2.52. The van der Waals surface area contributed by atoms with Crippen LogP contribution in [0.25, 0.3) is 0 Å². The summed E-state index contributed by atoms with van der Waals surface area (Å²) in [5, 5.41) is 0. The largest absolute Gasteiger partial charge is 0.0654 e. The highest BCUT2D eigenvalue weighted by Crippen LogP contribution is 2.59. The Morgan fingerprint density at radius 1 is 0.667 bits per heavy atom. The molecule has 2 aliphatic rings. The van der Waals surface area contributed by atoms with Gasteiger partial charge in [-0.3, -0.25) is 0 Å². The second-order valence-corrected chi connectivity index (χ2v) is 13.9. The highest BCUT2D eigenvalue weighted by molar-refractivity contribution is 6.85. The summed E-state index contributed by atoms with van der Waals surface area (Å²) >= 11 is 0. The highest BCUT2D eigenvalue weighted by atomic mass is 28.3. The summed E-state index contributed by atoms with van der Waals surface area (Å²) < 4.78 is 0. The molecule has 0 aromatic heterocycles. The van der Waals surface area contributed by atoms with Crippen molar-refractivity contribution >= 4 is 8.07 Å². The first-order valence-electron chi connectivity index (χ1n) is 10.2. The lowest BCUT2D eigenvalue weighted by molar-refractivity contribution is 0.431. The zero-order valence-corrected chi connectivity index (χ0v) is 16.3. The Bertz CT molecular complexity index is 256. The summed E-state index contributed by atoms with van der Waals surface area (Å²) in [4.78, 5) is 0. The monoisotopic (exact) mass is 308 g/mol. The van der Waals surface area contributed by atoms with Gasteiger partial charge >= 0.3 is 0 Å². The first-order valence-corrected chi connectivity index (χ1v) is 12.5. The molecule has 0 aromatic carbocycles. The van der Waals surface area contributed by atoms with Gasteiger partial charge in [0, 0.05) is 0 Å². The number of hydrogen-bond acceptors (Lipinski definition) is 0. The SMILES string of the molecule is CCC(C)[Si](C(C)CC)(C1CCCCC1)C1CCCCC1. The van der Waals surface area contributed by atoms with Gasteiger partial charge in [0.25, 0.3) is 0 Å². The van der Waals surface area contributed by atoms with Gasteiger partial charge in [0.1, 0.15) is 0 Å². The predicted molar refractivity (Wildman–Crippen MR) is 98.9 cm³/mol. The fourth-order valence-corrected chi connectivity index (χ4v) is 15.4. The van der Waals surface area contributed by atoms with Crippen LogP contribution in [0.4, 0.5) is 0 Å². The zero-order chi connectivity index (χ0) is 15.3. The van der Waals surface area contributed by atoms with Crippen LogP contribution in [0.2, 0.25) is 22.2 Å². The van der Waals surface area contributed by atoms with Crippen LogP contribution in [0, 0.1) is 0 Å². The van der Waals surface area contributed by atoms with Gasteiger partial charge in [-0.15, -0.1) is 0 Å². The zero-order valence-electron chi connectivity index (χ0n) is 15.3. The maximum atomic E-state index is 2.67. The minimum absolute atomic E-state index is 1.05. The summed E-state index contributed by atoms with van der Waals surface area (Å²) in [6.45, 7) is 10.3. The first-order chi connectivity index (χ1) is 10.2. The van der Waals surface area contributed by atoms with Crippen LogP contribution in [-0.4, -0.2) is 8.07 Å². The van der Waals surface area contributed by atoms with Crippen LogP contribution in [0.15, 0.2) is 0 Å². The second kappa shape index (κ2) is 8.18. The van der Waals surface area contributed by atoms with E-state index in [-0.39, 0.29) is 0 Å². The van der Waals surface area contributed by atoms with Gasteiger partial charge in [-0.05, 0) is 22.2 Å². The molecule has 2 atom stereocenters. The van der Waals surface area contributed by atoms with Crippen molar-refractivity contribution in [1.82, 2.24) is 0 Å². The molecule has 0 N–H and O–H groups in total. The normalized spacial score (nSPS) is 25.7. The third-order valence-corrected chi connectivity index (χ3v) is 15.8. The van der Waals surface area contributed by atoms with Gasteiger partial charge in [0.05, 0.1) is 8.07 Å². The van der Waals surface area contributed by atoms with Crippen molar-refractivity contribution in [2.75, 3.05) is 0 Å². The molecule has 0 radical (unpaired) electrons. The molecule has 2 rings (SSSR count). The molecule has 0 heterocycles. The molecular weight excluding hydrogens is 268 g/mol. The Morgan fingerprint density at radius 3 is 1.29 bits per heavy atom. The van der Waals surface area contributed by atoms with Crippen LogP contribution in [0.3, 0.4) is 0 Å². The molecular formula is C20H40Si. The lowest BCUT2D eigenvalue weighted by atomic mass is 9.99. The van der Waals surface area contributed by atoms with Gasteiger partial charge in [0.2, 0.25) is 0 Å². The van der Waals surface area contributed by atoms with E-state index in [1.807, 2.05) is 0 Å². The first kappa shape index (κ1) is 17.6. The van der Waals surface area contributed by atoms with E-state index in [4.69, 9.17) is 0 Å². The molecule has 21 heavy (non-hydrogen) atoms. The van der Waals surface area contributed by atoms with E-state index in [0.29, 0.717) is 0 Å². The second-order valence-electron chi connectivity index (χ2n) is 8.29. The fourth-order valence-electron chi connectivity index (χ4n) is 6.34. The Balaban J connectivity index is 2.35. The van der Waals surface area contributed by atoms with Crippen molar-refractivity contribution in [1.29, 1.82) is 0 Å². The average molecular weight is 309 g/mol. The van der Waals surface area contributed by atoms with Crippen molar-refractivity contribution in [2.45, 2.75) is 127 Å². The minimum atomic E-state index is -1.20. The van der Waals surface area contributed by atoms with Crippen molar-refractivity contribution in [3.05, 3.63) is 0 Å². The Kier molecular flexibility index (Phi) is 6.84. The van der Waals surface area contributed by atoms with E-state index >= 15 is 0 Å². The summed E-state index contributed by atoms with van der Waals surface area (Å²) in [6, 6.07) is 0. The summed E-state index contributed by atoms with van der Waals surface area (Å²) in [5.74, 6) is 0. The maximum absolute atomic E-state index is 2.67. The van der Waals surface area contributed by atoms with E-state index in [1.54, 1.807) is 51.4 Å². The standard InChI is InChI=1S/C20H40Si/c1-5-17(3)21(18(4)6-2,19-13-9-7-10-14-19)20-15-11-8-12-16-20/h17-20H,5-16H2,1-4H3. The molecule has 2 fully saturated rings. The smallest absolute Gasteiger partial charge is 0.0654 e. The maximum Gasteiger partial charge on any atom is 0.0654 e. The topological polar surface area (TPSA) is 0 Å². The van der Waals surface area contributed by atoms with E-state index in [9.17, 15) is 0 Å². The van der Waals surface area contributed by atoms with Gasteiger partial charge in [-0.2, -0.15) is 0 Å². The molecule has 124 valence electrons. The summed E-state index contributed by atoms with van der Waals surface area (Å²) in [5.41, 5.74) is 4.44.